The topological polar surface area (TPSA) is 112 Å². The van der Waals surface area contributed by atoms with E-state index in [0.717, 1.165) is 10.6 Å². The largest absolute Gasteiger partial charge is 0.478 e. The van der Waals surface area contributed by atoms with Crippen molar-refractivity contribution in [3.8, 4) is 0 Å². The van der Waals surface area contributed by atoms with E-state index in [1.54, 1.807) is 6.92 Å². The van der Waals surface area contributed by atoms with E-state index in [-0.39, 0.29) is 25.1 Å². The Morgan fingerprint density at radius 3 is 2.12 bits per heavy atom. The number of rotatable bonds is 7. The Kier molecular flexibility index (Phi) is 5.83. The maximum Gasteiger partial charge on any atom is 0.331 e. The number of aliphatic carboxylic acids is 2. The molecule has 0 aromatic carbocycles. The Balaban J connectivity index is 4.72. The summed E-state index contributed by atoms with van der Waals surface area (Å²) in [6.07, 6.45) is 1.43. The zero-order valence-corrected chi connectivity index (χ0v) is 10.4. The van der Waals surface area contributed by atoms with Crippen LogP contribution < -0.4 is 0 Å². The molecule has 7 nitrogen and oxygen atoms in total. The lowest BCUT2D eigenvalue weighted by Gasteiger charge is -2.17. The molecule has 0 aliphatic carbocycles. The first kappa shape index (κ1) is 15.6. The molecular weight excluding hydrogens is 250 g/mol. The zero-order chi connectivity index (χ0) is 13.6. The molecule has 2 N–H and O–H groups in total. The fourth-order valence-electron chi connectivity index (χ4n) is 1.19. The highest BCUT2D eigenvalue weighted by Gasteiger charge is 2.17. The van der Waals surface area contributed by atoms with Crippen LogP contribution in [0.3, 0.4) is 0 Å². The predicted molar refractivity (Wildman–Crippen MR) is 60.1 cm³/mol. The summed E-state index contributed by atoms with van der Waals surface area (Å²) >= 11 is 0. The minimum Gasteiger partial charge on any atom is -0.478 e. The molecule has 98 valence electrons. The quantitative estimate of drug-likeness (QED) is 0.614. The van der Waals surface area contributed by atoms with Crippen LogP contribution in [0.25, 0.3) is 0 Å². The highest BCUT2D eigenvalue weighted by molar-refractivity contribution is 7.88. The van der Waals surface area contributed by atoms with Crippen molar-refractivity contribution in [2.75, 3.05) is 19.3 Å². The SMILES string of the molecule is CCN(CC/C(=C\C(=O)O)C(=O)O)S(C)(=O)=O. The molecule has 0 radical (unpaired) electrons. The maximum absolute atomic E-state index is 11.2. The molecule has 0 fully saturated rings. The third-order valence-corrected chi connectivity index (χ3v) is 3.40. The number of carboxylic acid groups (broad SMARTS) is 2. The number of carbonyl (C=O) groups is 2. The number of hydrogen-bond acceptors (Lipinski definition) is 4. The summed E-state index contributed by atoms with van der Waals surface area (Å²) in [5.74, 6) is -2.73. The number of hydrogen-bond donors (Lipinski definition) is 2. The molecule has 0 amide bonds. The summed E-state index contributed by atoms with van der Waals surface area (Å²) in [6.45, 7) is 1.77. The molecule has 0 rings (SSSR count). The first-order valence-corrected chi connectivity index (χ1v) is 6.65. The molecular formula is C9H15NO6S. The van der Waals surface area contributed by atoms with Crippen LogP contribution in [-0.2, 0) is 19.6 Å². The minimum atomic E-state index is -3.40. The van der Waals surface area contributed by atoms with E-state index in [9.17, 15) is 18.0 Å². The molecule has 8 heteroatoms. The lowest BCUT2D eigenvalue weighted by atomic mass is 10.2. The van der Waals surface area contributed by atoms with E-state index < -0.39 is 22.0 Å². The van der Waals surface area contributed by atoms with Crippen LogP contribution in [0, 0.1) is 0 Å². The van der Waals surface area contributed by atoms with Gasteiger partial charge in [-0.3, -0.25) is 0 Å². The van der Waals surface area contributed by atoms with Gasteiger partial charge in [0.15, 0.2) is 0 Å². The molecule has 0 saturated heterocycles. The summed E-state index contributed by atoms with van der Waals surface area (Å²) in [5, 5.41) is 17.2. The van der Waals surface area contributed by atoms with Gasteiger partial charge >= 0.3 is 11.9 Å². The summed E-state index contributed by atoms with van der Waals surface area (Å²) in [4.78, 5) is 21.0. The van der Waals surface area contributed by atoms with Gasteiger partial charge in [0.25, 0.3) is 0 Å². The monoisotopic (exact) mass is 265 g/mol. The van der Waals surface area contributed by atoms with Crippen LogP contribution in [0.5, 0.6) is 0 Å². The molecule has 0 atom stereocenters. The van der Waals surface area contributed by atoms with Crippen molar-refractivity contribution in [2.24, 2.45) is 0 Å². The maximum atomic E-state index is 11.2. The third kappa shape index (κ3) is 6.03. The standard InChI is InChI=1S/C9H15NO6S/c1-3-10(17(2,15)16)5-4-7(9(13)14)6-8(11)12/h6H,3-5H2,1-2H3,(H,11,12)(H,13,14)/b7-6+. The van der Waals surface area contributed by atoms with Gasteiger partial charge in [0, 0.05) is 24.7 Å². The number of nitrogens with zero attached hydrogens (tertiary/aromatic N) is 1. The van der Waals surface area contributed by atoms with Gasteiger partial charge in [-0.05, 0) is 6.42 Å². The van der Waals surface area contributed by atoms with Crippen molar-refractivity contribution in [3.05, 3.63) is 11.6 Å². The van der Waals surface area contributed by atoms with Gasteiger partial charge in [0.1, 0.15) is 0 Å². The summed E-state index contributed by atoms with van der Waals surface area (Å²) in [7, 11) is -3.40. The Morgan fingerprint density at radius 1 is 1.29 bits per heavy atom. The molecule has 0 heterocycles. The first-order valence-electron chi connectivity index (χ1n) is 4.80. The lowest BCUT2D eigenvalue weighted by molar-refractivity contribution is -0.135. The van der Waals surface area contributed by atoms with Gasteiger partial charge in [-0.2, -0.15) is 0 Å². The summed E-state index contributed by atoms with van der Waals surface area (Å²) < 4.78 is 23.5. The van der Waals surface area contributed by atoms with Crippen LogP contribution >= 0.6 is 0 Å². The second-order valence-electron chi connectivity index (χ2n) is 3.32. The zero-order valence-electron chi connectivity index (χ0n) is 9.58. The molecule has 0 aromatic rings. The van der Waals surface area contributed by atoms with E-state index in [0.29, 0.717) is 6.08 Å². The van der Waals surface area contributed by atoms with Crippen LogP contribution in [-0.4, -0.2) is 54.2 Å². The van der Waals surface area contributed by atoms with E-state index in [1.807, 2.05) is 0 Å². The van der Waals surface area contributed by atoms with Crippen LogP contribution in [0.4, 0.5) is 0 Å². The molecule has 0 unspecified atom stereocenters. The number of carboxylic acids is 2. The van der Waals surface area contributed by atoms with Gasteiger partial charge in [-0.15, -0.1) is 0 Å². The van der Waals surface area contributed by atoms with Crippen LogP contribution in [0.1, 0.15) is 13.3 Å². The normalized spacial score (nSPS) is 12.8. The van der Waals surface area contributed by atoms with Crippen molar-refractivity contribution >= 4 is 22.0 Å². The molecule has 0 bridgehead atoms. The van der Waals surface area contributed by atoms with E-state index in [4.69, 9.17) is 10.2 Å². The van der Waals surface area contributed by atoms with E-state index >= 15 is 0 Å². The predicted octanol–water partition coefficient (Wildman–Crippen LogP) is -0.246. The molecule has 0 aromatic heterocycles. The fraction of sp³-hybridized carbons (Fsp3) is 0.556. The molecule has 0 aliphatic rings. The lowest BCUT2D eigenvalue weighted by Crippen LogP contribution is -2.31. The summed E-state index contributed by atoms with van der Waals surface area (Å²) in [5.41, 5.74) is -0.334. The van der Waals surface area contributed by atoms with Crippen molar-refractivity contribution < 1.29 is 28.2 Å². The Labute approximate surface area is 99.4 Å². The van der Waals surface area contributed by atoms with Crippen molar-refractivity contribution in [1.29, 1.82) is 0 Å². The highest BCUT2D eigenvalue weighted by atomic mass is 32.2. The molecule has 0 saturated carbocycles. The van der Waals surface area contributed by atoms with E-state index in [2.05, 4.69) is 0 Å². The second kappa shape index (κ2) is 6.36. The summed E-state index contributed by atoms with van der Waals surface area (Å²) in [6, 6.07) is 0. The van der Waals surface area contributed by atoms with Gasteiger partial charge in [0.2, 0.25) is 10.0 Å². The first-order chi connectivity index (χ1) is 7.68. The Bertz CT molecular complexity index is 425. The van der Waals surface area contributed by atoms with Crippen LogP contribution in [0.15, 0.2) is 11.6 Å². The molecule has 0 spiro atoms. The van der Waals surface area contributed by atoms with Crippen LogP contribution in [0.2, 0.25) is 0 Å². The van der Waals surface area contributed by atoms with Crippen molar-refractivity contribution in [1.82, 2.24) is 4.31 Å². The fourth-order valence-corrected chi connectivity index (χ4v) is 2.09. The van der Waals surface area contributed by atoms with E-state index in [1.165, 1.54) is 0 Å². The average Bonchev–Trinajstić information content (AvgIpc) is 2.13. The average molecular weight is 265 g/mol. The third-order valence-electron chi connectivity index (χ3n) is 2.02. The molecule has 17 heavy (non-hydrogen) atoms. The second-order valence-corrected chi connectivity index (χ2v) is 5.30. The Morgan fingerprint density at radius 2 is 1.82 bits per heavy atom. The minimum absolute atomic E-state index is 0.0548. The smallest absolute Gasteiger partial charge is 0.331 e. The highest BCUT2D eigenvalue weighted by Crippen LogP contribution is 2.06. The van der Waals surface area contributed by atoms with Gasteiger partial charge in [-0.25, -0.2) is 22.3 Å². The van der Waals surface area contributed by atoms with Crippen molar-refractivity contribution in [3.63, 3.8) is 0 Å². The van der Waals surface area contributed by atoms with Gasteiger partial charge in [-0.1, -0.05) is 6.92 Å². The molecule has 0 aliphatic heterocycles. The van der Waals surface area contributed by atoms with Gasteiger partial charge in [0.05, 0.1) is 6.26 Å². The Hall–Kier alpha value is -1.41. The number of sulfonamides is 1. The van der Waals surface area contributed by atoms with Crippen molar-refractivity contribution in [2.45, 2.75) is 13.3 Å². The van der Waals surface area contributed by atoms with Gasteiger partial charge < -0.3 is 10.2 Å².